The molecule has 1 saturated heterocycles. The number of benzene rings is 2. The lowest BCUT2D eigenvalue weighted by Gasteiger charge is -2.36. The summed E-state index contributed by atoms with van der Waals surface area (Å²) in [7, 11) is 1.73. The van der Waals surface area contributed by atoms with E-state index in [1.54, 1.807) is 7.11 Å². The molecule has 0 bridgehead atoms. The summed E-state index contributed by atoms with van der Waals surface area (Å²) in [5, 5.41) is 6.00. The predicted octanol–water partition coefficient (Wildman–Crippen LogP) is 4.15. The average Bonchev–Trinajstić information content (AvgIpc) is 2.73. The summed E-state index contributed by atoms with van der Waals surface area (Å²) in [4.78, 5) is 6.99. The Morgan fingerprint density at radius 2 is 1.83 bits per heavy atom. The highest BCUT2D eigenvalue weighted by Crippen LogP contribution is 2.28. The Bertz CT molecular complexity index is 948. The molecule has 0 amide bonds. The molecule has 4 rings (SSSR count). The zero-order valence-corrected chi connectivity index (χ0v) is 17.4. The van der Waals surface area contributed by atoms with Crippen LogP contribution < -0.4 is 15.0 Å². The van der Waals surface area contributed by atoms with Crippen LogP contribution in [-0.4, -0.2) is 37.4 Å². The number of ether oxygens (including phenoxy) is 2. The SMILES string of the molecule is COc1ccc2ccccc2c1CNCc1ccc(N2C[C@@H](C)O[C@@H](C)C2)nc1. The van der Waals surface area contributed by atoms with Gasteiger partial charge in [0.1, 0.15) is 11.6 Å². The number of nitrogens with one attached hydrogen (secondary N) is 1. The molecule has 1 N–H and O–H groups in total. The highest BCUT2D eigenvalue weighted by atomic mass is 16.5. The minimum Gasteiger partial charge on any atom is -0.496 e. The van der Waals surface area contributed by atoms with E-state index in [1.165, 1.54) is 21.9 Å². The first-order chi connectivity index (χ1) is 14.1. The summed E-state index contributed by atoms with van der Waals surface area (Å²) in [5.41, 5.74) is 2.36. The largest absolute Gasteiger partial charge is 0.496 e. The third-order valence-corrected chi connectivity index (χ3v) is 5.40. The number of morpholine rings is 1. The second-order valence-electron chi connectivity index (χ2n) is 7.76. The molecule has 2 heterocycles. The maximum absolute atomic E-state index is 5.82. The summed E-state index contributed by atoms with van der Waals surface area (Å²) in [6.07, 6.45) is 2.43. The van der Waals surface area contributed by atoms with Crippen LogP contribution in [0.25, 0.3) is 10.8 Å². The number of rotatable bonds is 6. The van der Waals surface area contributed by atoms with Gasteiger partial charge in [0.05, 0.1) is 19.3 Å². The molecular formula is C24H29N3O2. The minimum atomic E-state index is 0.234. The average molecular weight is 392 g/mol. The number of nitrogens with zero attached hydrogens (tertiary/aromatic N) is 2. The number of fused-ring (bicyclic) bond motifs is 1. The van der Waals surface area contributed by atoms with E-state index in [2.05, 4.69) is 71.5 Å². The topological polar surface area (TPSA) is 46.6 Å². The van der Waals surface area contributed by atoms with E-state index in [1.807, 2.05) is 12.3 Å². The van der Waals surface area contributed by atoms with E-state index < -0.39 is 0 Å². The zero-order chi connectivity index (χ0) is 20.2. The van der Waals surface area contributed by atoms with Gasteiger partial charge in [0.2, 0.25) is 0 Å². The van der Waals surface area contributed by atoms with E-state index in [0.717, 1.165) is 37.7 Å². The molecule has 29 heavy (non-hydrogen) atoms. The van der Waals surface area contributed by atoms with Gasteiger partial charge in [-0.3, -0.25) is 0 Å². The molecule has 1 fully saturated rings. The number of hydrogen-bond acceptors (Lipinski definition) is 5. The van der Waals surface area contributed by atoms with Gasteiger partial charge in [-0.2, -0.15) is 0 Å². The van der Waals surface area contributed by atoms with Crippen LogP contribution in [-0.2, 0) is 17.8 Å². The Morgan fingerprint density at radius 1 is 1.03 bits per heavy atom. The molecule has 0 radical (unpaired) electrons. The van der Waals surface area contributed by atoms with Crippen molar-refractivity contribution in [3.63, 3.8) is 0 Å². The molecule has 1 aromatic heterocycles. The molecule has 2 atom stereocenters. The first kappa shape index (κ1) is 19.7. The number of pyridine rings is 1. The monoisotopic (exact) mass is 391 g/mol. The molecule has 5 nitrogen and oxygen atoms in total. The van der Waals surface area contributed by atoms with E-state index in [4.69, 9.17) is 9.47 Å². The van der Waals surface area contributed by atoms with Crippen molar-refractivity contribution < 1.29 is 9.47 Å². The van der Waals surface area contributed by atoms with Crippen molar-refractivity contribution in [3.05, 3.63) is 65.9 Å². The van der Waals surface area contributed by atoms with Crippen LogP contribution in [0.15, 0.2) is 54.7 Å². The fraction of sp³-hybridized carbons (Fsp3) is 0.375. The lowest BCUT2D eigenvalue weighted by atomic mass is 10.0. The quantitative estimate of drug-likeness (QED) is 0.684. The highest BCUT2D eigenvalue weighted by Gasteiger charge is 2.22. The van der Waals surface area contributed by atoms with Gasteiger partial charge in [-0.15, -0.1) is 0 Å². The van der Waals surface area contributed by atoms with Crippen molar-refractivity contribution in [2.24, 2.45) is 0 Å². The standard InChI is InChI=1S/C24H29N3O2/c1-17-15-27(16-18(2)29-17)24-11-8-19(13-26-24)12-25-14-22-21-7-5-4-6-20(21)9-10-23(22)28-3/h4-11,13,17-18,25H,12,14-16H2,1-3H3/t17-,18+. The Kier molecular flexibility index (Phi) is 5.97. The normalized spacial score (nSPS) is 19.5. The fourth-order valence-electron chi connectivity index (χ4n) is 4.09. The molecule has 1 aliphatic heterocycles. The van der Waals surface area contributed by atoms with Crippen molar-refractivity contribution in [2.75, 3.05) is 25.1 Å². The second-order valence-corrected chi connectivity index (χ2v) is 7.76. The second kappa shape index (κ2) is 8.80. The summed E-state index contributed by atoms with van der Waals surface area (Å²) in [6, 6.07) is 16.8. The third-order valence-electron chi connectivity index (χ3n) is 5.40. The molecule has 2 aromatic carbocycles. The summed E-state index contributed by atoms with van der Waals surface area (Å²) >= 11 is 0. The van der Waals surface area contributed by atoms with Gasteiger partial charge in [-0.25, -0.2) is 4.98 Å². The Labute approximate surface area is 172 Å². The van der Waals surface area contributed by atoms with E-state index in [0.29, 0.717) is 0 Å². The van der Waals surface area contributed by atoms with Crippen LogP contribution in [0, 0.1) is 0 Å². The number of aromatic nitrogens is 1. The lowest BCUT2D eigenvalue weighted by Crippen LogP contribution is -2.45. The zero-order valence-electron chi connectivity index (χ0n) is 17.4. The van der Waals surface area contributed by atoms with Crippen LogP contribution in [0.3, 0.4) is 0 Å². The van der Waals surface area contributed by atoms with Gasteiger partial charge in [-0.1, -0.05) is 36.4 Å². The summed E-state index contributed by atoms with van der Waals surface area (Å²) < 4.78 is 11.4. The predicted molar refractivity (Wildman–Crippen MR) is 118 cm³/mol. The summed E-state index contributed by atoms with van der Waals surface area (Å²) in [5.74, 6) is 1.94. The van der Waals surface area contributed by atoms with Gasteiger partial charge in [0.15, 0.2) is 0 Å². The van der Waals surface area contributed by atoms with Crippen LogP contribution in [0.1, 0.15) is 25.0 Å². The van der Waals surface area contributed by atoms with E-state index in [-0.39, 0.29) is 12.2 Å². The fourth-order valence-corrected chi connectivity index (χ4v) is 4.09. The van der Waals surface area contributed by atoms with Crippen LogP contribution in [0.5, 0.6) is 5.75 Å². The van der Waals surface area contributed by atoms with E-state index >= 15 is 0 Å². The number of methoxy groups -OCH3 is 1. The smallest absolute Gasteiger partial charge is 0.128 e. The molecule has 1 aliphatic rings. The maximum Gasteiger partial charge on any atom is 0.128 e. The maximum atomic E-state index is 5.82. The highest BCUT2D eigenvalue weighted by molar-refractivity contribution is 5.87. The van der Waals surface area contributed by atoms with Crippen molar-refractivity contribution in [3.8, 4) is 5.75 Å². The van der Waals surface area contributed by atoms with Gasteiger partial charge in [-0.05, 0) is 42.3 Å². The van der Waals surface area contributed by atoms with Gasteiger partial charge in [0.25, 0.3) is 0 Å². The van der Waals surface area contributed by atoms with Crippen molar-refractivity contribution in [1.29, 1.82) is 0 Å². The Hall–Kier alpha value is -2.63. The molecule has 5 heteroatoms. The van der Waals surface area contributed by atoms with Crippen LogP contribution >= 0.6 is 0 Å². The molecule has 0 saturated carbocycles. The molecule has 3 aromatic rings. The summed E-state index contributed by atoms with van der Waals surface area (Å²) in [6.45, 7) is 7.50. The van der Waals surface area contributed by atoms with Crippen LogP contribution in [0.2, 0.25) is 0 Å². The van der Waals surface area contributed by atoms with Gasteiger partial charge < -0.3 is 19.7 Å². The number of anilines is 1. The van der Waals surface area contributed by atoms with E-state index in [9.17, 15) is 0 Å². The molecule has 0 unspecified atom stereocenters. The number of hydrogen-bond donors (Lipinski definition) is 1. The van der Waals surface area contributed by atoms with Gasteiger partial charge >= 0.3 is 0 Å². The van der Waals surface area contributed by atoms with Crippen molar-refractivity contribution in [1.82, 2.24) is 10.3 Å². The van der Waals surface area contributed by atoms with Crippen molar-refractivity contribution in [2.45, 2.75) is 39.1 Å². The molecule has 0 spiro atoms. The first-order valence-electron chi connectivity index (χ1n) is 10.2. The minimum absolute atomic E-state index is 0.234. The first-order valence-corrected chi connectivity index (χ1v) is 10.2. The molecular weight excluding hydrogens is 362 g/mol. The molecule has 152 valence electrons. The molecule has 0 aliphatic carbocycles. The third kappa shape index (κ3) is 4.52. The Balaban J connectivity index is 1.41. The van der Waals surface area contributed by atoms with Crippen molar-refractivity contribution >= 4 is 16.6 Å². The van der Waals surface area contributed by atoms with Gasteiger partial charge in [0, 0.05) is 37.9 Å². The lowest BCUT2D eigenvalue weighted by molar-refractivity contribution is -0.00545. The van der Waals surface area contributed by atoms with Crippen LogP contribution in [0.4, 0.5) is 5.82 Å². The Morgan fingerprint density at radius 3 is 2.55 bits per heavy atom.